The number of alkyl halides is 1. The van der Waals surface area contributed by atoms with Gasteiger partial charge in [-0.2, -0.15) is 4.98 Å². The molecule has 5 rings (SSSR count). The predicted molar refractivity (Wildman–Crippen MR) is 145 cm³/mol. The molecule has 10 nitrogen and oxygen atoms in total. The van der Waals surface area contributed by atoms with Crippen molar-refractivity contribution in [3.8, 4) is 5.75 Å². The number of nitrogens with zero attached hydrogens (tertiary/aromatic N) is 2. The fraction of sp³-hybridized carbons (Fsp3) is 0.448. The van der Waals surface area contributed by atoms with E-state index in [4.69, 9.17) is 13.9 Å². The number of benzene rings is 2. The zero-order chi connectivity index (χ0) is 30.0. The molecule has 0 spiro atoms. The van der Waals surface area contributed by atoms with Gasteiger partial charge in [0.05, 0.1) is 38.8 Å². The number of carbonyl (C=O) groups excluding carboxylic acids is 3. The highest BCUT2D eigenvalue weighted by Gasteiger charge is 2.41. The summed E-state index contributed by atoms with van der Waals surface area (Å²) in [5.41, 5.74) is 0.141. The Kier molecular flexibility index (Phi) is 8.55. The van der Waals surface area contributed by atoms with Gasteiger partial charge in [-0.3, -0.25) is 14.4 Å². The van der Waals surface area contributed by atoms with Gasteiger partial charge in [0.2, 0.25) is 11.8 Å². The summed E-state index contributed by atoms with van der Waals surface area (Å²) in [5, 5.41) is 5.65. The Morgan fingerprint density at radius 1 is 1.10 bits per heavy atom. The van der Waals surface area contributed by atoms with Crippen molar-refractivity contribution >= 4 is 40.6 Å². The molecular formula is C29H31F3N4O6. The number of likely N-dealkylation sites (tertiary alicyclic amines) is 1. The molecule has 1 saturated heterocycles. The van der Waals surface area contributed by atoms with E-state index >= 15 is 4.39 Å². The number of anilines is 2. The van der Waals surface area contributed by atoms with Crippen LogP contribution in [0.3, 0.4) is 0 Å². The lowest BCUT2D eigenvalue weighted by Gasteiger charge is -2.30. The molecule has 3 aromatic rings. The zero-order valence-electron chi connectivity index (χ0n) is 23.1. The van der Waals surface area contributed by atoms with Gasteiger partial charge in [-0.1, -0.05) is 6.07 Å². The minimum Gasteiger partial charge on any atom is -0.495 e. The van der Waals surface area contributed by atoms with E-state index in [-0.39, 0.29) is 59.3 Å². The van der Waals surface area contributed by atoms with E-state index in [1.54, 1.807) is 0 Å². The van der Waals surface area contributed by atoms with Crippen LogP contribution in [-0.4, -0.2) is 66.7 Å². The number of oxazole rings is 1. The summed E-state index contributed by atoms with van der Waals surface area (Å²) >= 11 is 0. The molecule has 0 radical (unpaired) electrons. The molecule has 2 aromatic carbocycles. The van der Waals surface area contributed by atoms with Crippen molar-refractivity contribution in [1.82, 2.24) is 15.2 Å². The number of amides is 2. The number of nitrogens with one attached hydrogen (secondary N) is 2. The number of esters is 1. The van der Waals surface area contributed by atoms with Crippen LogP contribution >= 0.6 is 0 Å². The SMILES string of the molecule is COC(=O)C1CCC(NC(=O)[C@@H]2C[C@H](F)CN2C(=O)Cc2ccc3nc(Nc4cc(F)ccc4OC)oc3c2F)CC1. The monoisotopic (exact) mass is 588 g/mol. The second-order valence-corrected chi connectivity index (χ2v) is 10.5. The number of ether oxygens (including phenoxy) is 2. The molecule has 224 valence electrons. The summed E-state index contributed by atoms with van der Waals surface area (Å²) in [6.07, 6.45) is 0.281. The molecule has 2 atom stereocenters. The molecule has 1 aromatic heterocycles. The predicted octanol–water partition coefficient (Wildman–Crippen LogP) is 4.19. The number of methoxy groups -OCH3 is 2. The van der Waals surface area contributed by atoms with Crippen LogP contribution in [0, 0.1) is 17.6 Å². The zero-order valence-corrected chi connectivity index (χ0v) is 23.1. The van der Waals surface area contributed by atoms with Crippen molar-refractivity contribution in [3.05, 3.63) is 47.5 Å². The normalized spacial score (nSPS) is 22.2. The number of hydrogen-bond donors (Lipinski definition) is 2. The van der Waals surface area contributed by atoms with E-state index in [2.05, 4.69) is 15.6 Å². The minimum atomic E-state index is -1.39. The van der Waals surface area contributed by atoms with E-state index in [0.29, 0.717) is 31.4 Å². The van der Waals surface area contributed by atoms with Crippen LogP contribution < -0.4 is 15.4 Å². The molecule has 2 amide bonds. The van der Waals surface area contributed by atoms with Crippen molar-refractivity contribution in [2.75, 3.05) is 26.1 Å². The topological polar surface area (TPSA) is 123 Å². The lowest BCUT2D eigenvalue weighted by molar-refractivity contribution is -0.146. The number of aromatic nitrogens is 1. The van der Waals surface area contributed by atoms with Crippen LogP contribution in [0.15, 0.2) is 34.7 Å². The van der Waals surface area contributed by atoms with Crippen molar-refractivity contribution in [2.45, 2.75) is 56.8 Å². The smallest absolute Gasteiger partial charge is 0.308 e. The maximum atomic E-state index is 15.4. The Labute approximate surface area is 239 Å². The quantitative estimate of drug-likeness (QED) is 0.376. The van der Waals surface area contributed by atoms with Crippen LogP contribution in [0.1, 0.15) is 37.7 Å². The Bertz CT molecular complexity index is 1490. The molecule has 2 heterocycles. The number of hydrogen-bond acceptors (Lipinski definition) is 8. The Balaban J connectivity index is 1.25. The third-order valence-electron chi connectivity index (χ3n) is 7.80. The first-order valence-corrected chi connectivity index (χ1v) is 13.7. The second-order valence-electron chi connectivity index (χ2n) is 10.5. The molecule has 13 heteroatoms. The molecule has 0 unspecified atom stereocenters. The van der Waals surface area contributed by atoms with Gasteiger partial charge in [0.25, 0.3) is 6.01 Å². The molecule has 1 aliphatic heterocycles. The van der Waals surface area contributed by atoms with E-state index in [9.17, 15) is 23.2 Å². The van der Waals surface area contributed by atoms with Gasteiger partial charge in [-0.05, 0) is 43.9 Å². The van der Waals surface area contributed by atoms with Gasteiger partial charge >= 0.3 is 5.97 Å². The first-order valence-electron chi connectivity index (χ1n) is 13.7. The summed E-state index contributed by atoms with van der Waals surface area (Å²) in [6, 6.07) is 5.30. The molecule has 2 aliphatic rings. The third kappa shape index (κ3) is 6.14. The minimum absolute atomic E-state index is 0.0128. The van der Waals surface area contributed by atoms with Crippen LogP contribution in [0.2, 0.25) is 0 Å². The molecule has 2 fully saturated rings. The highest BCUT2D eigenvalue weighted by molar-refractivity contribution is 5.90. The summed E-state index contributed by atoms with van der Waals surface area (Å²) in [4.78, 5) is 43.4. The largest absolute Gasteiger partial charge is 0.495 e. The first-order chi connectivity index (χ1) is 20.2. The molecule has 0 bridgehead atoms. The Morgan fingerprint density at radius 2 is 1.86 bits per heavy atom. The number of halogens is 3. The highest BCUT2D eigenvalue weighted by Crippen LogP contribution is 2.32. The van der Waals surface area contributed by atoms with Gasteiger partial charge in [-0.15, -0.1) is 0 Å². The van der Waals surface area contributed by atoms with Gasteiger partial charge in [0, 0.05) is 24.1 Å². The fourth-order valence-corrected chi connectivity index (χ4v) is 5.59. The summed E-state index contributed by atoms with van der Waals surface area (Å²) in [5.74, 6) is -2.61. The van der Waals surface area contributed by atoms with Gasteiger partial charge < -0.3 is 29.4 Å². The lowest BCUT2D eigenvalue weighted by atomic mass is 9.86. The Morgan fingerprint density at radius 3 is 2.57 bits per heavy atom. The van der Waals surface area contributed by atoms with Gasteiger partial charge in [0.1, 0.15) is 29.3 Å². The van der Waals surface area contributed by atoms with E-state index in [1.165, 1.54) is 44.6 Å². The number of rotatable bonds is 8. The van der Waals surface area contributed by atoms with E-state index in [1.807, 2.05) is 0 Å². The summed E-state index contributed by atoms with van der Waals surface area (Å²) < 4.78 is 59.1. The Hall–Kier alpha value is -4.29. The lowest BCUT2D eigenvalue weighted by Crippen LogP contribution is -2.50. The molecule has 42 heavy (non-hydrogen) atoms. The van der Waals surface area contributed by atoms with E-state index < -0.39 is 42.1 Å². The maximum absolute atomic E-state index is 15.4. The molecule has 1 aliphatic carbocycles. The molecular weight excluding hydrogens is 557 g/mol. The van der Waals surface area contributed by atoms with Crippen molar-refractivity contribution in [2.24, 2.45) is 5.92 Å². The maximum Gasteiger partial charge on any atom is 0.308 e. The van der Waals surface area contributed by atoms with Crippen molar-refractivity contribution in [3.63, 3.8) is 0 Å². The summed E-state index contributed by atoms with van der Waals surface area (Å²) in [7, 11) is 2.75. The fourth-order valence-electron chi connectivity index (χ4n) is 5.59. The second kappa shape index (κ2) is 12.3. The number of fused-ring (bicyclic) bond motifs is 1. The average molecular weight is 589 g/mol. The van der Waals surface area contributed by atoms with Crippen molar-refractivity contribution in [1.29, 1.82) is 0 Å². The molecule has 1 saturated carbocycles. The van der Waals surface area contributed by atoms with Crippen LogP contribution in [0.25, 0.3) is 11.1 Å². The first kappa shape index (κ1) is 29.2. The highest BCUT2D eigenvalue weighted by atomic mass is 19.1. The van der Waals surface area contributed by atoms with Crippen LogP contribution in [-0.2, 0) is 25.5 Å². The summed E-state index contributed by atoms with van der Waals surface area (Å²) in [6.45, 7) is -0.276. The van der Waals surface area contributed by atoms with Gasteiger partial charge in [-0.25, -0.2) is 13.2 Å². The third-order valence-corrected chi connectivity index (χ3v) is 7.80. The van der Waals surface area contributed by atoms with E-state index in [0.717, 1.165) is 4.90 Å². The van der Waals surface area contributed by atoms with Crippen molar-refractivity contribution < 1.29 is 41.4 Å². The standard InChI is InChI=1S/C29H31F3N4O6/c1-40-23-10-6-17(30)12-21(23)35-29-34-20-9-5-16(25(32)26(20)42-29)11-24(37)36-14-18(31)13-22(36)27(38)33-19-7-3-15(4-8-19)28(39)41-2/h5-6,9-10,12,15,18-19,22H,3-4,7-8,11,13-14H2,1-2H3,(H,33,38)(H,34,35)/t15?,18-,19?,22-/m0/s1. The molecule has 2 N–H and O–H groups in total. The van der Waals surface area contributed by atoms with Gasteiger partial charge in [0.15, 0.2) is 11.4 Å². The number of carbonyl (C=O) groups is 3. The van der Waals surface area contributed by atoms with Crippen LogP contribution in [0.4, 0.5) is 24.9 Å². The average Bonchev–Trinajstić information content (AvgIpc) is 3.58. The van der Waals surface area contributed by atoms with Crippen LogP contribution in [0.5, 0.6) is 5.75 Å².